The first kappa shape index (κ1) is 13.8. The Balaban J connectivity index is 1.91. The van der Waals surface area contributed by atoms with Gasteiger partial charge in [0.15, 0.2) is 0 Å². The molecule has 0 aromatic carbocycles. The number of hydrogen-bond donors (Lipinski definition) is 0. The number of rotatable bonds is 1. The van der Waals surface area contributed by atoms with E-state index < -0.39 is 0 Å². The molecule has 1 aliphatic heterocycles. The summed E-state index contributed by atoms with van der Waals surface area (Å²) in [6, 6.07) is 3.07. The molecule has 1 saturated carbocycles. The highest BCUT2D eigenvalue weighted by atomic mass is 15.3. The van der Waals surface area contributed by atoms with Crippen LogP contribution in [-0.4, -0.2) is 47.6 Å². The van der Waals surface area contributed by atoms with Crippen molar-refractivity contribution in [3.63, 3.8) is 0 Å². The summed E-state index contributed by atoms with van der Waals surface area (Å²) in [5.74, 6) is 0.278. The van der Waals surface area contributed by atoms with Gasteiger partial charge in [0.1, 0.15) is 0 Å². The maximum Gasteiger partial charge on any atom is 0.0672 e. The first-order chi connectivity index (χ1) is 8.52. The van der Waals surface area contributed by atoms with Gasteiger partial charge in [0.05, 0.1) is 12.0 Å². The Labute approximate surface area is 112 Å². The molecule has 0 amide bonds. The minimum Gasteiger partial charge on any atom is -0.297 e. The average molecular weight is 249 g/mol. The second kappa shape index (κ2) is 5.59. The van der Waals surface area contributed by atoms with Gasteiger partial charge in [-0.05, 0) is 33.6 Å². The van der Waals surface area contributed by atoms with E-state index in [1.54, 1.807) is 0 Å². The first-order valence-electron chi connectivity index (χ1n) is 7.41. The smallest absolute Gasteiger partial charge is 0.0672 e. The fourth-order valence-corrected chi connectivity index (χ4v) is 3.42. The van der Waals surface area contributed by atoms with Crippen molar-refractivity contribution in [3.05, 3.63) is 0 Å². The quantitative estimate of drug-likeness (QED) is 0.715. The van der Waals surface area contributed by atoms with Crippen molar-refractivity contribution in [2.75, 3.05) is 26.2 Å². The Morgan fingerprint density at radius 1 is 1.00 bits per heavy atom. The summed E-state index contributed by atoms with van der Waals surface area (Å²) < 4.78 is 0. The van der Waals surface area contributed by atoms with E-state index in [4.69, 9.17) is 0 Å². The molecule has 2 fully saturated rings. The number of nitriles is 1. The Kier molecular flexibility index (Phi) is 4.29. The summed E-state index contributed by atoms with van der Waals surface area (Å²) in [5, 5.41) is 9.29. The highest BCUT2D eigenvalue weighted by Gasteiger charge is 2.33. The maximum atomic E-state index is 9.29. The number of nitrogens with zero attached hydrogens (tertiary/aromatic N) is 3. The zero-order valence-electron chi connectivity index (χ0n) is 12.2. The molecular formula is C15H27N3. The lowest BCUT2D eigenvalue weighted by atomic mass is 9.84. The lowest BCUT2D eigenvalue weighted by Gasteiger charge is -2.46. The first-order valence-corrected chi connectivity index (χ1v) is 7.41. The monoisotopic (exact) mass is 249 g/mol. The van der Waals surface area contributed by atoms with Crippen LogP contribution in [0.3, 0.4) is 0 Å². The van der Waals surface area contributed by atoms with Crippen molar-refractivity contribution in [2.45, 2.75) is 58.0 Å². The van der Waals surface area contributed by atoms with Gasteiger partial charge in [-0.25, -0.2) is 0 Å². The van der Waals surface area contributed by atoms with E-state index in [1.165, 1.54) is 19.3 Å². The average Bonchev–Trinajstić information content (AvgIpc) is 2.38. The fourth-order valence-electron chi connectivity index (χ4n) is 3.42. The number of hydrogen-bond acceptors (Lipinski definition) is 3. The van der Waals surface area contributed by atoms with Crippen LogP contribution < -0.4 is 0 Å². The largest absolute Gasteiger partial charge is 0.297 e. The summed E-state index contributed by atoms with van der Waals surface area (Å²) in [6.07, 6.45) is 4.90. The van der Waals surface area contributed by atoms with E-state index >= 15 is 0 Å². The second-order valence-corrected chi connectivity index (χ2v) is 6.78. The van der Waals surface area contributed by atoms with Crippen LogP contribution in [0.15, 0.2) is 0 Å². The van der Waals surface area contributed by atoms with E-state index in [9.17, 15) is 5.26 Å². The van der Waals surface area contributed by atoms with E-state index in [0.717, 1.165) is 32.6 Å². The van der Waals surface area contributed by atoms with E-state index in [1.807, 2.05) is 0 Å². The van der Waals surface area contributed by atoms with Crippen molar-refractivity contribution in [2.24, 2.45) is 5.92 Å². The molecule has 2 atom stereocenters. The standard InChI is InChI=1S/C15H27N3/c1-15(2,3)18-10-8-17(9-11-18)14-7-5-4-6-13(14)12-16/h13-14H,4-11H2,1-3H3. The third-order valence-corrected chi connectivity index (χ3v) is 4.63. The summed E-state index contributed by atoms with van der Waals surface area (Å²) in [5.41, 5.74) is 0.285. The molecule has 0 spiro atoms. The lowest BCUT2D eigenvalue weighted by molar-refractivity contribution is 0.0240. The van der Waals surface area contributed by atoms with Crippen molar-refractivity contribution in [3.8, 4) is 6.07 Å². The van der Waals surface area contributed by atoms with Gasteiger partial charge in [0, 0.05) is 37.8 Å². The van der Waals surface area contributed by atoms with Crippen LogP contribution in [0.5, 0.6) is 0 Å². The Morgan fingerprint density at radius 3 is 2.17 bits per heavy atom. The van der Waals surface area contributed by atoms with Crippen LogP contribution in [-0.2, 0) is 0 Å². The second-order valence-electron chi connectivity index (χ2n) is 6.78. The van der Waals surface area contributed by atoms with Gasteiger partial charge in [-0.2, -0.15) is 5.26 Å². The molecule has 2 aliphatic rings. The van der Waals surface area contributed by atoms with Crippen LogP contribution in [0.4, 0.5) is 0 Å². The molecular weight excluding hydrogens is 222 g/mol. The van der Waals surface area contributed by atoms with Crippen LogP contribution in [0.2, 0.25) is 0 Å². The summed E-state index contributed by atoms with van der Waals surface area (Å²) >= 11 is 0. The third-order valence-electron chi connectivity index (χ3n) is 4.63. The molecule has 0 N–H and O–H groups in total. The van der Waals surface area contributed by atoms with E-state index in [0.29, 0.717) is 6.04 Å². The molecule has 2 unspecified atom stereocenters. The SMILES string of the molecule is CC(C)(C)N1CCN(C2CCCCC2C#N)CC1. The lowest BCUT2D eigenvalue weighted by Crippen LogP contribution is -2.57. The van der Waals surface area contributed by atoms with Gasteiger partial charge in [-0.1, -0.05) is 12.8 Å². The molecule has 3 heteroatoms. The van der Waals surface area contributed by atoms with Crippen LogP contribution in [0, 0.1) is 17.2 Å². The molecule has 3 nitrogen and oxygen atoms in total. The van der Waals surface area contributed by atoms with Gasteiger partial charge in [-0.3, -0.25) is 9.80 Å². The molecule has 0 aromatic heterocycles. The summed E-state index contributed by atoms with van der Waals surface area (Å²) in [6.45, 7) is 11.5. The minimum atomic E-state index is 0.278. The fraction of sp³-hybridized carbons (Fsp3) is 0.933. The molecule has 0 bridgehead atoms. The van der Waals surface area contributed by atoms with Crippen molar-refractivity contribution in [1.29, 1.82) is 5.26 Å². The number of piperazine rings is 1. The van der Waals surface area contributed by atoms with Gasteiger partial charge >= 0.3 is 0 Å². The Hall–Kier alpha value is -0.590. The van der Waals surface area contributed by atoms with Gasteiger partial charge in [0.25, 0.3) is 0 Å². The summed E-state index contributed by atoms with van der Waals surface area (Å²) in [7, 11) is 0. The van der Waals surface area contributed by atoms with Crippen molar-refractivity contribution in [1.82, 2.24) is 9.80 Å². The molecule has 2 rings (SSSR count). The molecule has 1 heterocycles. The van der Waals surface area contributed by atoms with Crippen LogP contribution >= 0.6 is 0 Å². The molecule has 1 aliphatic carbocycles. The highest BCUT2D eigenvalue weighted by molar-refractivity contribution is 4.97. The summed E-state index contributed by atoms with van der Waals surface area (Å²) in [4.78, 5) is 5.14. The molecule has 0 aromatic rings. The zero-order valence-corrected chi connectivity index (χ0v) is 12.2. The third kappa shape index (κ3) is 3.05. The van der Waals surface area contributed by atoms with Crippen molar-refractivity contribution >= 4 is 0 Å². The highest BCUT2D eigenvalue weighted by Crippen LogP contribution is 2.29. The maximum absolute atomic E-state index is 9.29. The molecule has 18 heavy (non-hydrogen) atoms. The normalized spacial score (nSPS) is 32.1. The van der Waals surface area contributed by atoms with E-state index in [2.05, 4.69) is 36.6 Å². The predicted molar refractivity (Wildman–Crippen MR) is 74.3 cm³/mol. The van der Waals surface area contributed by atoms with Gasteiger partial charge in [0.2, 0.25) is 0 Å². The molecule has 1 saturated heterocycles. The molecule has 0 radical (unpaired) electrons. The zero-order chi connectivity index (χ0) is 13.2. The van der Waals surface area contributed by atoms with Gasteiger partial charge < -0.3 is 0 Å². The molecule has 102 valence electrons. The van der Waals surface area contributed by atoms with Crippen molar-refractivity contribution < 1.29 is 0 Å². The topological polar surface area (TPSA) is 30.3 Å². The van der Waals surface area contributed by atoms with Crippen LogP contribution in [0.1, 0.15) is 46.5 Å². The minimum absolute atomic E-state index is 0.278. The predicted octanol–water partition coefficient (Wildman–Crippen LogP) is 2.48. The van der Waals surface area contributed by atoms with Gasteiger partial charge in [-0.15, -0.1) is 0 Å². The van der Waals surface area contributed by atoms with Crippen LogP contribution in [0.25, 0.3) is 0 Å². The Bertz CT molecular complexity index is 305. The van der Waals surface area contributed by atoms with E-state index in [-0.39, 0.29) is 11.5 Å². The Morgan fingerprint density at radius 2 is 1.61 bits per heavy atom.